The Labute approximate surface area is 89.9 Å². The largest absolute Gasteiger partial charge is 0.390 e. The molecule has 0 atom stereocenters. The molecule has 0 bridgehead atoms. The summed E-state index contributed by atoms with van der Waals surface area (Å²) in [5.41, 5.74) is 0.462. The van der Waals surface area contributed by atoms with Crippen molar-refractivity contribution in [2.75, 3.05) is 6.61 Å². The van der Waals surface area contributed by atoms with Crippen molar-refractivity contribution in [1.82, 2.24) is 0 Å². The smallest absolute Gasteiger partial charge is 0.296 e. The molecule has 0 heterocycles. The monoisotopic (exact) mass is 264 g/mol. The number of alkyl halides is 2. The summed E-state index contributed by atoms with van der Waals surface area (Å²) < 4.78 is 27.2. The van der Waals surface area contributed by atoms with Crippen molar-refractivity contribution in [2.24, 2.45) is 0 Å². The zero-order chi connectivity index (χ0) is 10.8. The van der Waals surface area contributed by atoms with E-state index >= 15 is 0 Å². The molecule has 1 N–H and O–H groups in total. The van der Waals surface area contributed by atoms with Crippen molar-refractivity contribution in [3.63, 3.8) is 0 Å². The highest BCUT2D eigenvalue weighted by atomic mass is 79.9. The average Bonchev–Trinajstić information content (AvgIpc) is 2.17. The topological polar surface area (TPSA) is 20.2 Å². The van der Waals surface area contributed by atoms with Crippen LogP contribution in [0.1, 0.15) is 18.1 Å². The van der Waals surface area contributed by atoms with Crippen molar-refractivity contribution >= 4 is 15.9 Å². The second kappa shape index (κ2) is 4.36. The molecule has 0 fully saturated rings. The highest BCUT2D eigenvalue weighted by molar-refractivity contribution is 9.10. The molecular weight excluding hydrogens is 254 g/mol. The van der Waals surface area contributed by atoms with Crippen LogP contribution in [0.4, 0.5) is 8.78 Å². The van der Waals surface area contributed by atoms with Crippen LogP contribution in [0.15, 0.2) is 22.7 Å². The molecule has 0 saturated carbocycles. The first-order chi connectivity index (χ1) is 6.51. The zero-order valence-electron chi connectivity index (χ0n) is 7.73. The first kappa shape index (κ1) is 11.6. The van der Waals surface area contributed by atoms with Crippen LogP contribution >= 0.6 is 15.9 Å². The van der Waals surface area contributed by atoms with Gasteiger partial charge in [-0.1, -0.05) is 28.9 Å². The normalized spacial score (nSPS) is 11.8. The van der Waals surface area contributed by atoms with Gasteiger partial charge < -0.3 is 5.11 Å². The van der Waals surface area contributed by atoms with E-state index in [4.69, 9.17) is 5.11 Å². The van der Waals surface area contributed by atoms with Gasteiger partial charge in [0, 0.05) is 10.0 Å². The maximum atomic E-state index is 13.2. The molecule has 1 nitrogen and oxygen atoms in total. The van der Waals surface area contributed by atoms with E-state index in [-0.39, 0.29) is 5.56 Å². The lowest BCUT2D eigenvalue weighted by Crippen LogP contribution is -2.20. The summed E-state index contributed by atoms with van der Waals surface area (Å²) in [5.74, 6) is -3.15. The van der Waals surface area contributed by atoms with Crippen molar-refractivity contribution in [3.05, 3.63) is 33.8 Å². The molecule has 0 amide bonds. The number of hydrogen-bond donors (Lipinski definition) is 1. The van der Waals surface area contributed by atoms with E-state index in [0.29, 0.717) is 12.0 Å². The van der Waals surface area contributed by atoms with Gasteiger partial charge in [0.2, 0.25) is 0 Å². The second-order valence-corrected chi connectivity index (χ2v) is 3.93. The molecular formula is C10H11BrF2O. The molecule has 0 unspecified atom stereocenters. The molecule has 1 aromatic carbocycles. The van der Waals surface area contributed by atoms with E-state index in [1.165, 1.54) is 6.07 Å². The van der Waals surface area contributed by atoms with Crippen molar-refractivity contribution in [1.29, 1.82) is 0 Å². The molecule has 0 saturated heterocycles. The summed E-state index contributed by atoms with van der Waals surface area (Å²) in [6, 6.07) is 4.55. The van der Waals surface area contributed by atoms with Gasteiger partial charge in [-0.25, -0.2) is 0 Å². The number of hydrogen-bond acceptors (Lipinski definition) is 1. The van der Waals surface area contributed by atoms with Crippen molar-refractivity contribution in [3.8, 4) is 0 Å². The minimum atomic E-state index is -3.15. The van der Waals surface area contributed by atoms with Gasteiger partial charge in [-0.05, 0) is 24.1 Å². The fraction of sp³-hybridized carbons (Fsp3) is 0.400. The third-order valence-corrected chi connectivity index (χ3v) is 2.53. The first-order valence-electron chi connectivity index (χ1n) is 4.29. The fourth-order valence-electron chi connectivity index (χ4n) is 1.30. The third-order valence-electron chi connectivity index (χ3n) is 2.04. The lowest BCUT2D eigenvalue weighted by atomic mass is 10.0. The lowest BCUT2D eigenvalue weighted by molar-refractivity contribution is -0.0562. The molecule has 78 valence electrons. The van der Waals surface area contributed by atoms with E-state index in [9.17, 15) is 8.78 Å². The van der Waals surface area contributed by atoms with Gasteiger partial charge >= 0.3 is 0 Å². The van der Waals surface area contributed by atoms with Crippen LogP contribution in [-0.4, -0.2) is 11.7 Å². The van der Waals surface area contributed by atoms with Crippen molar-refractivity contribution < 1.29 is 13.9 Å². The van der Waals surface area contributed by atoms with Crippen LogP contribution in [0.2, 0.25) is 0 Å². The molecule has 0 spiro atoms. The fourth-order valence-corrected chi connectivity index (χ4v) is 1.71. The van der Waals surface area contributed by atoms with Crippen LogP contribution in [0.25, 0.3) is 0 Å². The number of rotatable bonds is 3. The average molecular weight is 265 g/mol. The van der Waals surface area contributed by atoms with E-state index in [1.807, 2.05) is 0 Å². The van der Waals surface area contributed by atoms with E-state index in [2.05, 4.69) is 15.9 Å². The maximum Gasteiger partial charge on any atom is 0.296 e. The summed E-state index contributed by atoms with van der Waals surface area (Å²) in [4.78, 5) is 0. The summed E-state index contributed by atoms with van der Waals surface area (Å²) in [5, 5.41) is 8.58. The molecule has 4 heteroatoms. The molecule has 0 aliphatic carbocycles. The van der Waals surface area contributed by atoms with Crippen LogP contribution < -0.4 is 0 Å². The highest BCUT2D eigenvalue weighted by Crippen LogP contribution is 2.31. The van der Waals surface area contributed by atoms with E-state index in [1.54, 1.807) is 19.1 Å². The van der Waals surface area contributed by atoms with Gasteiger partial charge in [-0.2, -0.15) is 8.78 Å². The summed E-state index contributed by atoms with van der Waals surface area (Å²) in [6.07, 6.45) is 0.518. The van der Waals surface area contributed by atoms with Gasteiger partial charge in [0.15, 0.2) is 0 Å². The number of halogens is 3. The molecule has 0 aliphatic heterocycles. The highest BCUT2D eigenvalue weighted by Gasteiger charge is 2.32. The van der Waals surface area contributed by atoms with Gasteiger partial charge in [-0.3, -0.25) is 0 Å². The van der Waals surface area contributed by atoms with Gasteiger partial charge in [-0.15, -0.1) is 0 Å². The molecule has 1 rings (SSSR count). The predicted octanol–water partition coefficient (Wildman–Crippen LogP) is 3.10. The van der Waals surface area contributed by atoms with Crippen molar-refractivity contribution in [2.45, 2.75) is 19.3 Å². The Bertz CT molecular complexity index is 326. The summed E-state index contributed by atoms with van der Waals surface area (Å²) >= 11 is 3.22. The Hall–Kier alpha value is -0.480. The first-order valence-corrected chi connectivity index (χ1v) is 5.08. The second-order valence-electron chi connectivity index (χ2n) is 3.02. The molecule has 0 aliphatic rings. The Morgan fingerprint density at radius 3 is 2.57 bits per heavy atom. The molecule has 0 radical (unpaired) electrons. The molecule has 1 aromatic rings. The van der Waals surface area contributed by atoms with E-state index < -0.39 is 12.5 Å². The van der Waals surface area contributed by atoms with E-state index in [0.717, 1.165) is 4.47 Å². The summed E-state index contributed by atoms with van der Waals surface area (Å²) in [7, 11) is 0. The number of benzene rings is 1. The minimum absolute atomic E-state index is 0.0919. The van der Waals surface area contributed by atoms with Gasteiger partial charge in [0.25, 0.3) is 5.92 Å². The Kier molecular flexibility index (Phi) is 3.61. The van der Waals surface area contributed by atoms with Gasteiger partial charge in [0.1, 0.15) is 6.61 Å². The Morgan fingerprint density at radius 1 is 1.43 bits per heavy atom. The molecule has 14 heavy (non-hydrogen) atoms. The van der Waals surface area contributed by atoms with Crippen LogP contribution in [-0.2, 0) is 12.3 Å². The Morgan fingerprint density at radius 2 is 2.07 bits per heavy atom. The quantitative estimate of drug-likeness (QED) is 0.890. The SMILES string of the molecule is CCc1cc(Br)ccc1C(F)(F)CO. The summed E-state index contributed by atoms with van der Waals surface area (Å²) in [6.45, 7) is 0.653. The number of aliphatic hydroxyl groups excluding tert-OH is 1. The number of aryl methyl sites for hydroxylation is 1. The standard InChI is InChI=1S/C10H11BrF2O/c1-2-7-5-8(11)3-4-9(7)10(12,13)6-14/h3-5,14H,2,6H2,1H3. The minimum Gasteiger partial charge on any atom is -0.390 e. The third kappa shape index (κ3) is 2.30. The van der Waals surface area contributed by atoms with Crippen LogP contribution in [0.3, 0.4) is 0 Å². The lowest BCUT2D eigenvalue weighted by Gasteiger charge is -2.17. The van der Waals surface area contributed by atoms with Crippen LogP contribution in [0, 0.1) is 0 Å². The molecule has 0 aromatic heterocycles. The Balaban J connectivity index is 3.20. The maximum absolute atomic E-state index is 13.2. The van der Waals surface area contributed by atoms with Crippen LogP contribution in [0.5, 0.6) is 0 Å². The zero-order valence-corrected chi connectivity index (χ0v) is 9.31. The predicted molar refractivity (Wildman–Crippen MR) is 54.5 cm³/mol. The number of aliphatic hydroxyl groups is 1. The van der Waals surface area contributed by atoms with Gasteiger partial charge in [0.05, 0.1) is 0 Å².